The summed E-state index contributed by atoms with van der Waals surface area (Å²) in [5.41, 5.74) is 6.56. The van der Waals surface area contributed by atoms with Gasteiger partial charge in [0.2, 0.25) is 5.91 Å². The fraction of sp³-hybridized carbons (Fsp3) is 0.333. The quantitative estimate of drug-likeness (QED) is 0.633. The number of hydrogen-bond acceptors (Lipinski definition) is 5. The van der Waals surface area contributed by atoms with Crippen LogP contribution in [0.3, 0.4) is 0 Å². The third-order valence-corrected chi connectivity index (χ3v) is 3.94. The minimum atomic E-state index is -0.662. The second-order valence-electron chi connectivity index (χ2n) is 5.68. The molecule has 1 aliphatic heterocycles. The highest BCUT2D eigenvalue weighted by molar-refractivity contribution is 5.91. The second-order valence-corrected chi connectivity index (χ2v) is 5.68. The van der Waals surface area contributed by atoms with Gasteiger partial charge in [0.1, 0.15) is 6.04 Å². The first-order valence-corrected chi connectivity index (χ1v) is 7.95. The van der Waals surface area contributed by atoms with Crippen molar-refractivity contribution in [3.05, 3.63) is 41.5 Å². The fourth-order valence-corrected chi connectivity index (χ4v) is 2.62. The third-order valence-electron chi connectivity index (χ3n) is 3.94. The van der Waals surface area contributed by atoms with E-state index in [1.165, 1.54) is 17.1 Å². The number of primary amides is 1. The number of nitriles is 1. The Bertz CT molecular complexity index is 719. The summed E-state index contributed by atoms with van der Waals surface area (Å²) in [5.74, 6) is -1.63. The molecule has 2 N–H and O–H groups in total. The summed E-state index contributed by atoms with van der Waals surface area (Å²) >= 11 is 0. The summed E-state index contributed by atoms with van der Waals surface area (Å²) in [6, 6.07) is 8.03. The van der Waals surface area contributed by atoms with Gasteiger partial charge in [-0.3, -0.25) is 9.59 Å². The molecule has 25 heavy (non-hydrogen) atoms. The number of amides is 2. The molecule has 1 atom stereocenters. The van der Waals surface area contributed by atoms with Gasteiger partial charge in [0, 0.05) is 12.6 Å². The second kappa shape index (κ2) is 8.64. The van der Waals surface area contributed by atoms with Crippen molar-refractivity contribution in [1.29, 1.82) is 5.26 Å². The number of esters is 1. The Morgan fingerprint density at radius 2 is 2.00 bits per heavy atom. The molecule has 2 rings (SSSR count). The van der Waals surface area contributed by atoms with Gasteiger partial charge in [-0.25, -0.2) is 4.79 Å². The number of benzene rings is 1. The molecule has 0 aromatic heterocycles. The van der Waals surface area contributed by atoms with Crippen molar-refractivity contribution in [1.82, 2.24) is 4.90 Å². The van der Waals surface area contributed by atoms with E-state index >= 15 is 0 Å². The maximum absolute atomic E-state index is 12.1. The van der Waals surface area contributed by atoms with E-state index in [1.54, 1.807) is 24.3 Å². The Morgan fingerprint density at radius 3 is 2.64 bits per heavy atom. The highest BCUT2D eigenvalue weighted by Gasteiger charge is 2.30. The highest BCUT2D eigenvalue weighted by atomic mass is 16.5. The molecule has 0 saturated carbocycles. The number of carbonyl (C=O) groups is 3. The Hall–Kier alpha value is -3.14. The zero-order valence-corrected chi connectivity index (χ0v) is 13.7. The van der Waals surface area contributed by atoms with E-state index in [0.717, 1.165) is 18.4 Å². The maximum Gasteiger partial charge on any atom is 0.331 e. The summed E-state index contributed by atoms with van der Waals surface area (Å²) < 4.78 is 4.93. The molecule has 1 aromatic carbocycles. The van der Waals surface area contributed by atoms with Crippen molar-refractivity contribution in [2.45, 2.75) is 25.3 Å². The molecule has 2 amide bonds. The van der Waals surface area contributed by atoms with Gasteiger partial charge in [0.05, 0.1) is 11.6 Å². The SMILES string of the molecule is N#Cc1ccc(/C=C/C(=O)OCC(=O)N2CCCC[C@@H]2C(N)=O)cc1. The normalized spacial score (nSPS) is 17.1. The summed E-state index contributed by atoms with van der Waals surface area (Å²) in [6.45, 7) is 0.00535. The standard InChI is InChI=1S/C18H19N3O4/c19-11-14-6-4-13(5-7-14)8-9-17(23)25-12-16(22)21-10-2-1-3-15(21)18(20)24/h4-9,15H,1-3,10,12H2,(H2,20,24)/b9-8+/t15-/m1/s1. The predicted octanol–water partition coefficient (Wildman–Crippen LogP) is 0.981. The van der Waals surface area contributed by atoms with Crippen LogP contribution in [0.25, 0.3) is 6.08 Å². The first-order valence-electron chi connectivity index (χ1n) is 7.95. The lowest BCUT2D eigenvalue weighted by atomic mass is 10.0. The molecule has 0 bridgehead atoms. The first kappa shape index (κ1) is 18.2. The molecule has 1 fully saturated rings. The van der Waals surface area contributed by atoms with E-state index in [4.69, 9.17) is 15.7 Å². The Morgan fingerprint density at radius 1 is 1.28 bits per heavy atom. The van der Waals surface area contributed by atoms with Gasteiger partial charge in [0.15, 0.2) is 6.61 Å². The lowest BCUT2D eigenvalue weighted by Crippen LogP contribution is -2.51. The minimum absolute atomic E-state index is 0.427. The van der Waals surface area contributed by atoms with Crippen LogP contribution in [-0.4, -0.2) is 41.9 Å². The van der Waals surface area contributed by atoms with Gasteiger partial charge in [-0.15, -0.1) is 0 Å². The number of rotatable bonds is 5. The Labute approximate surface area is 145 Å². The number of carbonyl (C=O) groups excluding carboxylic acids is 3. The number of hydrogen-bond donors (Lipinski definition) is 1. The van der Waals surface area contributed by atoms with Crippen molar-refractivity contribution in [2.75, 3.05) is 13.2 Å². The predicted molar refractivity (Wildman–Crippen MR) is 89.7 cm³/mol. The summed E-state index contributed by atoms with van der Waals surface area (Å²) in [7, 11) is 0. The van der Waals surface area contributed by atoms with Crippen LogP contribution in [0.2, 0.25) is 0 Å². The molecule has 7 heteroatoms. The van der Waals surface area contributed by atoms with Crippen LogP contribution >= 0.6 is 0 Å². The average molecular weight is 341 g/mol. The smallest absolute Gasteiger partial charge is 0.331 e. The lowest BCUT2D eigenvalue weighted by molar-refractivity contribution is -0.151. The van der Waals surface area contributed by atoms with Gasteiger partial charge in [-0.2, -0.15) is 5.26 Å². The van der Waals surface area contributed by atoms with E-state index in [1.807, 2.05) is 6.07 Å². The topological polar surface area (TPSA) is 113 Å². The molecule has 1 aromatic rings. The lowest BCUT2D eigenvalue weighted by Gasteiger charge is -2.33. The number of ether oxygens (including phenoxy) is 1. The van der Waals surface area contributed by atoms with Crippen LogP contribution in [0.4, 0.5) is 0 Å². The first-order chi connectivity index (χ1) is 12.0. The summed E-state index contributed by atoms with van der Waals surface area (Å²) in [6.07, 6.45) is 4.90. The molecule has 0 spiro atoms. The van der Waals surface area contributed by atoms with Crippen molar-refractivity contribution in [3.63, 3.8) is 0 Å². The Balaban J connectivity index is 1.86. The van der Waals surface area contributed by atoms with Crippen molar-refractivity contribution < 1.29 is 19.1 Å². The number of piperidine rings is 1. The molecular formula is C18H19N3O4. The summed E-state index contributed by atoms with van der Waals surface area (Å²) in [5, 5.41) is 8.72. The maximum atomic E-state index is 12.1. The zero-order valence-electron chi connectivity index (χ0n) is 13.7. The van der Waals surface area contributed by atoms with Crippen molar-refractivity contribution in [2.24, 2.45) is 5.73 Å². The number of nitrogens with two attached hydrogens (primary N) is 1. The van der Waals surface area contributed by atoms with E-state index < -0.39 is 30.4 Å². The molecule has 7 nitrogen and oxygen atoms in total. The molecule has 0 aliphatic carbocycles. The Kier molecular flexibility index (Phi) is 6.29. The molecule has 130 valence electrons. The third kappa shape index (κ3) is 5.18. The fourth-order valence-electron chi connectivity index (χ4n) is 2.62. The van der Waals surface area contributed by atoms with Gasteiger partial charge in [0.25, 0.3) is 5.91 Å². The number of nitrogens with zero attached hydrogens (tertiary/aromatic N) is 2. The van der Waals surface area contributed by atoms with Gasteiger partial charge in [-0.05, 0) is 43.0 Å². The van der Waals surface area contributed by atoms with Crippen molar-refractivity contribution >= 4 is 23.9 Å². The monoisotopic (exact) mass is 341 g/mol. The van der Waals surface area contributed by atoms with E-state index in [0.29, 0.717) is 18.5 Å². The minimum Gasteiger partial charge on any atom is -0.452 e. The van der Waals surface area contributed by atoms with Crippen LogP contribution < -0.4 is 5.73 Å². The van der Waals surface area contributed by atoms with E-state index in [-0.39, 0.29) is 0 Å². The number of likely N-dealkylation sites (tertiary alicyclic amines) is 1. The van der Waals surface area contributed by atoms with Gasteiger partial charge < -0.3 is 15.4 Å². The molecule has 0 unspecified atom stereocenters. The van der Waals surface area contributed by atoms with Crippen LogP contribution in [0.1, 0.15) is 30.4 Å². The van der Waals surface area contributed by atoms with Gasteiger partial charge in [-0.1, -0.05) is 12.1 Å². The average Bonchev–Trinajstić information content (AvgIpc) is 2.64. The van der Waals surface area contributed by atoms with Crippen LogP contribution in [0.5, 0.6) is 0 Å². The van der Waals surface area contributed by atoms with Crippen molar-refractivity contribution in [3.8, 4) is 6.07 Å². The molecule has 0 radical (unpaired) electrons. The molecule has 1 saturated heterocycles. The molecular weight excluding hydrogens is 322 g/mol. The molecule has 1 aliphatic rings. The van der Waals surface area contributed by atoms with Crippen LogP contribution in [0, 0.1) is 11.3 Å². The van der Waals surface area contributed by atoms with E-state index in [9.17, 15) is 14.4 Å². The zero-order chi connectivity index (χ0) is 18.2. The molecule has 1 heterocycles. The largest absolute Gasteiger partial charge is 0.452 e. The van der Waals surface area contributed by atoms with Crippen LogP contribution in [0.15, 0.2) is 30.3 Å². The van der Waals surface area contributed by atoms with Gasteiger partial charge >= 0.3 is 5.97 Å². The van der Waals surface area contributed by atoms with E-state index in [2.05, 4.69) is 0 Å². The van der Waals surface area contributed by atoms with Crippen LogP contribution in [-0.2, 0) is 19.1 Å². The highest BCUT2D eigenvalue weighted by Crippen LogP contribution is 2.17. The summed E-state index contributed by atoms with van der Waals surface area (Å²) in [4.78, 5) is 36.6.